The molecule has 2 fully saturated rings. The molecule has 1 aliphatic carbocycles. The lowest BCUT2D eigenvalue weighted by molar-refractivity contribution is -0.133. The van der Waals surface area contributed by atoms with Crippen molar-refractivity contribution in [2.75, 3.05) is 19.3 Å². The van der Waals surface area contributed by atoms with Gasteiger partial charge < -0.3 is 21.1 Å². The first-order chi connectivity index (χ1) is 24.4. The lowest BCUT2D eigenvalue weighted by Crippen LogP contribution is -2.64. The van der Waals surface area contributed by atoms with E-state index < -0.39 is 56.2 Å². The van der Waals surface area contributed by atoms with Crippen molar-refractivity contribution in [3.63, 3.8) is 0 Å². The van der Waals surface area contributed by atoms with E-state index in [0.717, 1.165) is 37.5 Å². The van der Waals surface area contributed by atoms with Crippen molar-refractivity contribution in [1.82, 2.24) is 30.8 Å². The fourth-order valence-corrected chi connectivity index (χ4v) is 8.07. The molecule has 2 aromatic heterocycles. The number of aliphatic hydroxyl groups is 1. The van der Waals surface area contributed by atoms with Crippen molar-refractivity contribution < 1.29 is 27.9 Å². The number of hydrogen-bond acceptors (Lipinski definition) is 9. The Hall–Kier alpha value is -3.94. The Kier molecular flexibility index (Phi) is 12.1. The van der Waals surface area contributed by atoms with Crippen LogP contribution in [0.5, 0.6) is 0 Å². The monoisotopic (exact) mass is 734 g/mol. The van der Waals surface area contributed by atoms with Crippen LogP contribution in [0.3, 0.4) is 0 Å². The van der Waals surface area contributed by atoms with E-state index in [-0.39, 0.29) is 24.6 Å². The first kappa shape index (κ1) is 39.3. The van der Waals surface area contributed by atoms with Gasteiger partial charge in [-0.05, 0) is 89.5 Å². The molecule has 4 N–H and O–H groups in total. The van der Waals surface area contributed by atoms with E-state index in [1.165, 1.54) is 19.9 Å². The van der Waals surface area contributed by atoms with E-state index >= 15 is 0 Å². The maximum Gasteiger partial charge on any atom is 0.270 e. The zero-order valence-electron chi connectivity index (χ0n) is 31.1. The van der Waals surface area contributed by atoms with Crippen LogP contribution in [0.4, 0.5) is 0 Å². The van der Waals surface area contributed by atoms with E-state index in [1.54, 1.807) is 24.5 Å². The van der Waals surface area contributed by atoms with Gasteiger partial charge >= 0.3 is 0 Å². The summed E-state index contributed by atoms with van der Waals surface area (Å²) in [4.78, 5) is 52.2. The number of pyridine rings is 2. The van der Waals surface area contributed by atoms with Gasteiger partial charge in [0.05, 0.1) is 28.5 Å². The molecular formula is C39H54N6O6S. The van der Waals surface area contributed by atoms with Crippen LogP contribution in [0.15, 0.2) is 60.9 Å². The van der Waals surface area contributed by atoms with Gasteiger partial charge in [0.25, 0.3) is 5.91 Å². The van der Waals surface area contributed by atoms with Gasteiger partial charge in [-0.1, -0.05) is 49.6 Å². The SMILES string of the molecule is CC(C)(C)NC(=O)[C@@H]1C[C@@H]2CCCC[C@@H]2CN1C[C@@H](O)[C@H](Cc1ccccc1)NC(=O)[C@@H](NC(=O)c1ccc2cnccc2n1)C(C)(C)S(C)(=O)=O. The van der Waals surface area contributed by atoms with Gasteiger partial charge in [-0.2, -0.15) is 0 Å². The molecule has 282 valence electrons. The first-order valence-electron chi connectivity index (χ1n) is 18.2. The highest BCUT2D eigenvalue weighted by atomic mass is 32.2. The fourth-order valence-electron chi connectivity index (χ4n) is 7.48. The number of benzene rings is 1. The molecule has 52 heavy (non-hydrogen) atoms. The molecule has 1 aliphatic heterocycles. The standard InChI is InChI=1S/C39H54N6O6S/c1-38(2,3)44-36(48)32-21-26-14-10-11-15-28(26)23-45(32)24-33(46)31(20-25-12-8-7-9-13-25)42-37(49)34(39(4,5)52(6,50)51)43-35(47)30-17-16-27-22-40-19-18-29(27)41-30/h7-9,12-13,16-19,22,26,28,31-34,46H,10-11,14-15,20-21,23-24H2,1-6H3,(H,42,49)(H,43,47)(H,44,48)/t26-,28+,31-,32-,33+,34+/m0/s1. The Balaban J connectivity index is 1.43. The van der Waals surface area contributed by atoms with Crippen LogP contribution >= 0.6 is 0 Å². The van der Waals surface area contributed by atoms with Gasteiger partial charge in [0.2, 0.25) is 11.8 Å². The zero-order valence-corrected chi connectivity index (χ0v) is 31.9. The van der Waals surface area contributed by atoms with Crippen LogP contribution in [-0.2, 0) is 25.8 Å². The zero-order chi connectivity index (χ0) is 37.8. The smallest absolute Gasteiger partial charge is 0.270 e. The number of carbonyl (C=O) groups is 3. The molecule has 0 bridgehead atoms. The van der Waals surface area contributed by atoms with Crippen molar-refractivity contribution in [2.24, 2.45) is 11.8 Å². The number of likely N-dealkylation sites (tertiary alicyclic amines) is 1. The number of piperidine rings is 1. The highest BCUT2D eigenvalue weighted by Gasteiger charge is 2.46. The normalized spacial score (nSPS) is 21.7. The van der Waals surface area contributed by atoms with Crippen molar-refractivity contribution >= 4 is 38.5 Å². The number of aromatic nitrogens is 2. The molecule has 3 aromatic rings. The predicted octanol–water partition coefficient (Wildman–Crippen LogP) is 3.44. The van der Waals surface area contributed by atoms with Crippen molar-refractivity contribution in [1.29, 1.82) is 0 Å². The quantitative estimate of drug-likeness (QED) is 0.218. The second-order valence-corrected chi connectivity index (χ2v) is 18.8. The molecule has 0 spiro atoms. The largest absolute Gasteiger partial charge is 0.390 e. The van der Waals surface area contributed by atoms with Gasteiger partial charge in [0.15, 0.2) is 9.84 Å². The van der Waals surface area contributed by atoms with Gasteiger partial charge in [0, 0.05) is 42.7 Å². The number of amides is 3. The van der Waals surface area contributed by atoms with E-state index in [2.05, 4.69) is 30.8 Å². The number of carbonyl (C=O) groups excluding carboxylic acids is 3. The summed E-state index contributed by atoms with van der Waals surface area (Å²) >= 11 is 0. The molecule has 1 saturated carbocycles. The number of aliphatic hydroxyl groups excluding tert-OH is 1. The van der Waals surface area contributed by atoms with Crippen LogP contribution in [0.25, 0.3) is 10.9 Å². The number of hydrogen-bond donors (Lipinski definition) is 4. The van der Waals surface area contributed by atoms with Gasteiger partial charge in [-0.25, -0.2) is 13.4 Å². The molecule has 12 nitrogen and oxygen atoms in total. The topological polar surface area (TPSA) is 171 Å². The second kappa shape index (κ2) is 16.0. The molecule has 2 aliphatic rings. The molecular weight excluding hydrogens is 681 g/mol. The van der Waals surface area contributed by atoms with E-state index in [9.17, 15) is 27.9 Å². The van der Waals surface area contributed by atoms with Gasteiger partial charge in [-0.15, -0.1) is 0 Å². The molecule has 3 heterocycles. The van der Waals surface area contributed by atoms with Crippen LogP contribution in [-0.4, -0.2) is 100.0 Å². The Morgan fingerprint density at radius 2 is 1.65 bits per heavy atom. The number of sulfone groups is 1. The first-order valence-corrected chi connectivity index (χ1v) is 20.1. The van der Waals surface area contributed by atoms with Crippen LogP contribution in [0.2, 0.25) is 0 Å². The fraction of sp³-hybridized carbons (Fsp3) is 0.564. The minimum Gasteiger partial charge on any atom is -0.390 e. The lowest BCUT2D eigenvalue weighted by atomic mass is 9.72. The molecule has 3 amide bonds. The number of nitrogens with zero attached hydrogens (tertiary/aromatic N) is 3. The minimum absolute atomic E-state index is 0.00682. The third kappa shape index (κ3) is 9.53. The molecule has 5 rings (SSSR count). The molecule has 13 heteroatoms. The van der Waals surface area contributed by atoms with Crippen LogP contribution in [0.1, 0.15) is 82.8 Å². The Morgan fingerprint density at radius 3 is 2.33 bits per heavy atom. The summed E-state index contributed by atoms with van der Waals surface area (Å²) in [7, 11) is -3.91. The Bertz CT molecular complexity index is 1850. The van der Waals surface area contributed by atoms with Crippen molar-refractivity contribution in [3.05, 3.63) is 72.2 Å². The molecule has 0 unspecified atom stereocenters. The summed E-state index contributed by atoms with van der Waals surface area (Å²) in [6.07, 6.45) is 8.42. The van der Waals surface area contributed by atoms with E-state index in [1.807, 2.05) is 51.1 Å². The van der Waals surface area contributed by atoms with Crippen LogP contribution in [0, 0.1) is 11.8 Å². The summed E-state index contributed by atoms with van der Waals surface area (Å²) in [6.45, 7) is 9.40. The maximum atomic E-state index is 14.3. The van der Waals surface area contributed by atoms with Crippen molar-refractivity contribution in [2.45, 2.75) is 108 Å². The molecule has 1 saturated heterocycles. The number of nitrogens with one attached hydrogen (secondary N) is 3. The molecule has 1 aromatic carbocycles. The number of fused-ring (bicyclic) bond motifs is 2. The lowest BCUT2D eigenvalue weighted by Gasteiger charge is -2.47. The summed E-state index contributed by atoms with van der Waals surface area (Å²) in [5.74, 6) is -0.713. The number of rotatable bonds is 12. The number of β-amino-alcohol motifs (C(OH)–C–C–N with tert-alkyl or cyclic N) is 1. The third-order valence-electron chi connectivity index (χ3n) is 10.7. The van der Waals surface area contributed by atoms with E-state index in [4.69, 9.17) is 0 Å². The minimum atomic E-state index is -3.91. The molecule has 6 atom stereocenters. The summed E-state index contributed by atoms with van der Waals surface area (Å²) in [5.41, 5.74) is 0.939. The highest BCUT2D eigenvalue weighted by Crippen LogP contribution is 2.39. The molecule has 0 radical (unpaired) electrons. The Morgan fingerprint density at radius 1 is 0.962 bits per heavy atom. The second-order valence-electron chi connectivity index (χ2n) is 16.2. The van der Waals surface area contributed by atoms with Gasteiger partial charge in [0.1, 0.15) is 11.7 Å². The summed E-state index contributed by atoms with van der Waals surface area (Å²) in [5, 5.41) is 21.4. The maximum absolute atomic E-state index is 14.3. The average molecular weight is 735 g/mol. The summed E-state index contributed by atoms with van der Waals surface area (Å²) < 4.78 is 24.5. The van der Waals surface area contributed by atoms with E-state index in [0.29, 0.717) is 35.7 Å². The average Bonchev–Trinajstić information content (AvgIpc) is 3.08. The van der Waals surface area contributed by atoms with Crippen LogP contribution < -0.4 is 16.0 Å². The predicted molar refractivity (Wildman–Crippen MR) is 201 cm³/mol. The third-order valence-corrected chi connectivity index (χ3v) is 12.9. The highest BCUT2D eigenvalue weighted by molar-refractivity contribution is 7.92. The van der Waals surface area contributed by atoms with Gasteiger partial charge in [-0.3, -0.25) is 24.3 Å². The Labute approximate surface area is 307 Å². The van der Waals surface area contributed by atoms with Crippen molar-refractivity contribution in [3.8, 4) is 0 Å². The summed E-state index contributed by atoms with van der Waals surface area (Å²) in [6, 6.07) is 11.3.